The number of piperazine rings is 1. The number of benzene rings is 1. The summed E-state index contributed by atoms with van der Waals surface area (Å²) < 4.78 is 26.3. The fraction of sp³-hybridized carbons (Fsp3) is 0.357. The Hall–Kier alpha value is -2.31. The Morgan fingerprint density at radius 1 is 1.14 bits per heavy atom. The molecule has 1 aliphatic heterocycles. The van der Waals surface area contributed by atoms with E-state index in [1.54, 1.807) is 6.92 Å². The van der Waals surface area contributed by atoms with Crippen molar-refractivity contribution in [2.24, 2.45) is 0 Å². The molecule has 1 fully saturated rings. The van der Waals surface area contributed by atoms with Gasteiger partial charge in [0, 0.05) is 25.7 Å². The number of nitrogens with zero attached hydrogens (tertiary/aromatic N) is 2. The summed E-state index contributed by atoms with van der Waals surface area (Å²) >= 11 is 0. The maximum absolute atomic E-state index is 13.5. The molecule has 21 heavy (non-hydrogen) atoms. The maximum atomic E-state index is 13.5. The molecular formula is C14H14F2N2O3. The van der Waals surface area contributed by atoms with E-state index in [2.05, 4.69) is 0 Å². The van der Waals surface area contributed by atoms with Crippen LogP contribution in [0, 0.1) is 11.6 Å². The summed E-state index contributed by atoms with van der Waals surface area (Å²) in [5.41, 5.74) is -0.297. The lowest BCUT2D eigenvalue weighted by Gasteiger charge is -2.32. The molecule has 7 heteroatoms. The molecule has 0 aliphatic carbocycles. The van der Waals surface area contributed by atoms with Gasteiger partial charge in [-0.05, 0) is 19.1 Å². The maximum Gasteiger partial charge on any atom is 0.312 e. The molecule has 0 N–H and O–H groups in total. The zero-order valence-corrected chi connectivity index (χ0v) is 11.4. The summed E-state index contributed by atoms with van der Waals surface area (Å²) in [6.07, 6.45) is 0. The Kier molecular flexibility index (Phi) is 4.30. The predicted molar refractivity (Wildman–Crippen MR) is 69.5 cm³/mol. The second-order valence-corrected chi connectivity index (χ2v) is 4.66. The minimum Gasteiger partial charge on any atom is -0.333 e. The standard InChI is InChI=1S/C14H14F2N2O3/c1-2-17-5-6-18(14(21)13(17)20)8-12(19)10-4-3-9(15)7-11(10)16/h3-4,7H,2,5-6,8H2,1H3. The van der Waals surface area contributed by atoms with E-state index >= 15 is 0 Å². The molecule has 0 bridgehead atoms. The number of Topliss-reactive ketones (excluding diaryl/α,β-unsaturated/α-hetero) is 1. The van der Waals surface area contributed by atoms with Crippen LogP contribution < -0.4 is 0 Å². The minimum atomic E-state index is -0.981. The third-order valence-corrected chi connectivity index (χ3v) is 3.34. The highest BCUT2D eigenvalue weighted by Crippen LogP contribution is 2.12. The van der Waals surface area contributed by atoms with Crippen LogP contribution in [0.5, 0.6) is 0 Å². The van der Waals surface area contributed by atoms with Crippen LogP contribution in [-0.4, -0.2) is 53.6 Å². The second-order valence-electron chi connectivity index (χ2n) is 4.66. The van der Waals surface area contributed by atoms with Crippen LogP contribution in [-0.2, 0) is 9.59 Å². The number of hydrogen-bond acceptors (Lipinski definition) is 3. The molecule has 1 aliphatic rings. The van der Waals surface area contributed by atoms with Crippen LogP contribution >= 0.6 is 0 Å². The van der Waals surface area contributed by atoms with Crippen molar-refractivity contribution < 1.29 is 23.2 Å². The van der Waals surface area contributed by atoms with Crippen LogP contribution in [0.4, 0.5) is 8.78 Å². The van der Waals surface area contributed by atoms with E-state index in [0.29, 0.717) is 19.2 Å². The summed E-state index contributed by atoms with van der Waals surface area (Å²) in [7, 11) is 0. The normalized spacial score (nSPS) is 15.6. The van der Waals surface area contributed by atoms with E-state index in [-0.39, 0.29) is 12.1 Å². The third-order valence-electron chi connectivity index (χ3n) is 3.34. The fourth-order valence-corrected chi connectivity index (χ4v) is 2.14. The molecule has 112 valence electrons. The van der Waals surface area contributed by atoms with Gasteiger partial charge >= 0.3 is 11.8 Å². The highest BCUT2D eigenvalue weighted by molar-refractivity contribution is 6.35. The molecular weight excluding hydrogens is 282 g/mol. The van der Waals surface area contributed by atoms with Gasteiger partial charge in [0.05, 0.1) is 12.1 Å². The molecule has 1 heterocycles. The first-order valence-corrected chi connectivity index (χ1v) is 6.50. The van der Waals surface area contributed by atoms with Gasteiger partial charge in [0.1, 0.15) is 11.6 Å². The Labute approximate surface area is 120 Å². The highest BCUT2D eigenvalue weighted by Gasteiger charge is 2.32. The number of rotatable bonds is 4. The topological polar surface area (TPSA) is 57.7 Å². The molecule has 1 aromatic rings. The Bertz CT molecular complexity index is 604. The van der Waals surface area contributed by atoms with E-state index in [1.807, 2.05) is 0 Å². The van der Waals surface area contributed by atoms with Crippen LogP contribution in [0.25, 0.3) is 0 Å². The first-order valence-electron chi connectivity index (χ1n) is 6.50. The number of hydrogen-bond donors (Lipinski definition) is 0. The van der Waals surface area contributed by atoms with Crippen molar-refractivity contribution in [1.82, 2.24) is 9.80 Å². The zero-order valence-electron chi connectivity index (χ0n) is 11.4. The molecule has 0 spiro atoms. The summed E-state index contributed by atoms with van der Waals surface area (Å²) in [6.45, 7) is 2.32. The highest BCUT2D eigenvalue weighted by atomic mass is 19.1. The van der Waals surface area contributed by atoms with Gasteiger partial charge in [-0.1, -0.05) is 0 Å². The summed E-state index contributed by atoms with van der Waals surface area (Å²) in [4.78, 5) is 38.0. The molecule has 0 atom stereocenters. The summed E-state index contributed by atoms with van der Waals surface area (Å²) in [6, 6.07) is 2.61. The van der Waals surface area contributed by atoms with Crippen molar-refractivity contribution >= 4 is 17.6 Å². The quantitative estimate of drug-likeness (QED) is 0.611. The number of likely N-dealkylation sites (N-methyl/N-ethyl adjacent to an activating group) is 1. The largest absolute Gasteiger partial charge is 0.333 e. The lowest BCUT2D eigenvalue weighted by molar-refractivity contribution is -0.155. The molecule has 5 nitrogen and oxygen atoms in total. The van der Waals surface area contributed by atoms with Crippen LogP contribution in [0.3, 0.4) is 0 Å². The van der Waals surface area contributed by atoms with E-state index in [9.17, 15) is 23.2 Å². The monoisotopic (exact) mass is 296 g/mol. The molecule has 2 amide bonds. The second kappa shape index (κ2) is 5.99. The van der Waals surface area contributed by atoms with Crippen LogP contribution in [0.1, 0.15) is 17.3 Å². The van der Waals surface area contributed by atoms with Crippen molar-refractivity contribution in [3.63, 3.8) is 0 Å². The lowest BCUT2D eigenvalue weighted by Crippen LogP contribution is -2.55. The van der Waals surface area contributed by atoms with Crippen LogP contribution in [0.15, 0.2) is 18.2 Å². The van der Waals surface area contributed by atoms with E-state index < -0.39 is 35.8 Å². The van der Waals surface area contributed by atoms with Crippen molar-refractivity contribution in [3.05, 3.63) is 35.4 Å². The molecule has 0 saturated carbocycles. The first-order chi connectivity index (χ1) is 9.93. The number of carbonyl (C=O) groups excluding carboxylic acids is 3. The number of amides is 2. The third kappa shape index (κ3) is 3.07. The van der Waals surface area contributed by atoms with Gasteiger partial charge < -0.3 is 9.80 Å². The van der Waals surface area contributed by atoms with E-state index in [0.717, 1.165) is 17.0 Å². The average molecular weight is 296 g/mol. The fourth-order valence-electron chi connectivity index (χ4n) is 2.14. The summed E-state index contributed by atoms with van der Waals surface area (Å²) in [5.74, 6) is -3.88. The predicted octanol–water partition coefficient (Wildman–Crippen LogP) is 0.838. The van der Waals surface area contributed by atoms with Crippen LogP contribution in [0.2, 0.25) is 0 Å². The average Bonchev–Trinajstić information content (AvgIpc) is 2.44. The van der Waals surface area contributed by atoms with Crippen molar-refractivity contribution in [3.8, 4) is 0 Å². The molecule has 0 unspecified atom stereocenters. The number of carbonyl (C=O) groups is 3. The van der Waals surface area contributed by atoms with Crippen molar-refractivity contribution in [2.45, 2.75) is 6.92 Å². The number of ketones is 1. The SMILES string of the molecule is CCN1CCN(CC(=O)c2ccc(F)cc2F)C(=O)C1=O. The molecule has 1 saturated heterocycles. The van der Waals surface area contributed by atoms with Gasteiger partial charge in [0.15, 0.2) is 5.78 Å². The molecule has 0 aromatic heterocycles. The minimum absolute atomic E-state index is 0.215. The molecule has 0 radical (unpaired) electrons. The van der Waals surface area contributed by atoms with Crippen molar-refractivity contribution in [2.75, 3.05) is 26.2 Å². The van der Waals surface area contributed by atoms with Gasteiger partial charge in [0.25, 0.3) is 0 Å². The zero-order chi connectivity index (χ0) is 15.6. The van der Waals surface area contributed by atoms with Crippen molar-refractivity contribution in [1.29, 1.82) is 0 Å². The van der Waals surface area contributed by atoms with Gasteiger partial charge in [-0.3, -0.25) is 14.4 Å². The van der Waals surface area contributed by atoms with Gasteiger partial charge in [-0.15, -0.1) is 0 Å². The summed E-state index contributed by atoms with van der Waals surface area (Å²) in [5, 5.41) is 0. The smallest absolute Gasteiger partial charge is 0.312 e. The Balaban J connectivity index is 2.10. The van der Waals surface area contributed by atoms with Gasteiger partial charge in [-0.25, -0.2) is 8.78 Å². The molecule has 2 rings (SSSR count). The van der Waals surface area contributed by atoms with E-state index in [1.165, 1.54) is 4.90 Å². The first kappa shape index (κ1) is 15.1. The number of halogens is 2. The Morgan fingerprint density at radius 2 is 1.76 bits per heavy atom. The molecule has 1 aromatic carbocycles. The van der Waals surface area contributed by atoms with Gasteiger partial charge in [-0.2, -0.15) is 0 Å². The van der Waals surface area contributed by atoms with E-state index in [4.69, 9.17) is 0 Å². The lowest BCUT2D eigenvalue weighted by atomic mass is 10.1. The van der Waals surface area contributed by atoms with Gasteiger partial charge in [0.2, 0.25) is 0 Å². The Morgan fingerprint density at radius 3 is 2.38 bits per heavy atom.